The SMILES string of the molecule is CCC1CCCN(CC(=O)Nc2c(C)cccc2N)CC1. The third-order valence-corrected chi connectivity index (χ3v) is 4.45. The molecule has 0 bridgehead atoms. The number of benzene rings is 1. The van der Waals surface area contributed by atoms with Gasteiger partial charge in [-0.3, -0.25) is 9.69 Å². The molecular weight excluding hydrogens is 262 g/mol. The quantitative estimate of drug-likeness (QED) is 0.838. The van der Waals surface area contributed by atoms with E-state index in [1.165, 1.54) is 25.7 Å². The number of nitrogens with one attached hydrogen (secondary N) is 1. The number of hydrogen-bond acceptors (Lipinski definition) is 3. The topological polar surface area (TPSA) is 58.4 Å². The molecule has 3 N–H and O–H groups in total. The van der Waals surface area contributed by atoms with Crippen molar-refractivity contribution in [3.8, 4) is 0 Å². The largest absolute Gasteiger partial charge is 0.397 e. The minimum atomic E-state index is 0.0333. The molecule has 1 aliphatic rings. The van der Waals surface area contributed by atoms with Crippen LogP contribution >= 0.6 is 0 Å². The Balaban J connectivity index is 1.90. The van der Waals surface area contributed by atoms with E-state index in [0.717, 1.165) is 30.3 Å². The van der Waals surface area contributed by atoms with Crippen molar-refractivity contribution < 1.29 is 4.79 Å². The highest BCUT2D eigenvalue weighted by Crippen LogP contribution is 2.23. The second kappa shape index (κ2) is 7.46. The van der Waals surface area contributed by atoms with Crippen LogP contribution in [0.3, 0.4) is 0 Å². The highest BCUT2D eigenvalue weighted by Gasteiger charge is 2.18. The van der Waals surface area contributed by atoms with E-state index in [-0.39, 0.29) is 5.91 Å². The molecule has 116 valence electrons. The number of nitrogens with two attached hydrogens (primary N) is 1. The minimum absolute atomic E-state index is 0.0333. The van der Waals surface area contributed by atoms with Crippen molar-refractivity contribution in [2.24, 2.45) is 5.92 Å². The fourth-order valence-electron chi connectivity index (χ4n) is 3.03. The second-order valence-corrected chi connectivity index (χ2v) is 6.07. The molecule has 4 heteroatoms. The number of nitrogens with zero attached hydrogens (tertiary/aromatic N) is 1. The van der Waals surface area contributed by atoms with E-state index in [0.29, 0.717) is 12.2 Å². The summed E-state index contributed by atoms with van der Waals surface area (Å²) >= 11 is 0. The molecule has 1 aromatic carbocycles. The predicted molar refractivity (Wildman–Crippen MR) is 88.3 cm³/mol. The van der Waals surface area contributed by atoms with Gasteiger partial charge in [-0.1, -0.05) is 25.5 Å². The van der Waals surface area contributed by atoms with E-state index in [4.69, 9.17) is 5.73 Å². The highest BCUT2D eigenvalue weighted by atomic mass is 16.2. The van der Waals surface area contributed by atoms with Crippen molar-refractivity contribution >= 4 is 17.3 Å². The first kappa shape index (κ1) is 15.8. The fraction of sp³-hybridized carbons (Fsp3) is 0.588. The van der Waals surface area contributed by atoms with Gasteiger partial charge in [0, 0.05) is 0 Å². The molecular formula is C17H27N3O. The lowest BCUT2D eigenvalue weighted by Gasteiger charge is -2.20. The standard InChI is InChI=1S/C17H27N3O/c1-3-14-7-5-10-20(11-9-14)12-16(21)19-17-13(2)6-4-8-15(17)18/h4,6,8,14H,3,5,7,9-12,18H2,1-2H3,(H,19,21). The van der Waals surface area contributed by atoms with Gasteiger partial charge in [-0.15, -0.1) is 0 Å². The summed E-state index contributed by atoms with van der Waals surface area (Å²) in [5.41, 5.74) is 8.32. The Labute approximate surface area is 127 Å². The van der Waals surface area contributed by atoms with E-state index in [2.05, 4.69) is 17.1 Å². The number of carbonyl (C=O) groups excluding carboxylic acids is 1. The van der Waals surface area contributed by atoms with Crippen molar-refractivity contribution in [2.75, 3.05) is 30.7 Å². The van der Waals surface area contributed by atoms with Crippen molar-refractivity contribution in [3.05, 3.63) is 23.8 Å². The van der Waals surface area contributed by atoms with Crippen LogP contribution in [0.1, 0.15) is 38.2 Å². The maximum Gasteiger partial charge on any atom is 0.238 e. The van der Waals surface area contributed by atoms with Crippen LogP contribution in [0.2, 0.25) is 0 Å². The Bertz CT molecular complexity index is 467. The zero-order chi connectivity index (χ0) is 15.2. The lowest BCUT2D eigenvalue weighted by Crippen LogP contribution is -2.34. The minimum Gasteiger partial charge on any atom is -0.397 e. The molecule has 2 rings (SSSR count). The summed E-state index contributed by atoms with van der Waals surface area (Å²) in [6, 6.07) is 5.68. The molecule has 21 heavy (non-hydrogen) atoms. The molecule has 1 aromatic rings. The van der Waals surface area contributed by atoms with E-state index >= 15 is 0 Å². The van der Waals surface area contributed by atoms with Crippen LogP contribution in [0.15, 0.2) is 18.2 Å². The molecule has 1 atom stereocenters. The van der Waals surface area contributed by atoms with Gasteiger partial charge >= 0.3 is 0 Å². The molecule has 0 spiro atoms. The smallest absolute Gasteiger partial charge is 0.238 e. The van der Waals surface area contributed by atoms with E-state index in [9.17, 15) is 4.79 Å². The maximum atomic E-state index is 12.2. The average Bonchev–Trinajstić information content (AvgIpc) is 2.68. The highest BCUT2D eigenvalue weighted by molar-refractivity contribution is 5.96. The van der Waals surface area contributed by atoms with Crippen LogP contribution in [-0.2, 0) is 4.79 Å². The van der Waals surface area contributed by atoms with Crippen LogP contribution in [0, 0.1) is 12.8 Å². The summed E-state index contributed by atoms with van der Waals surface area (Å²) in [6.45, 7) is 6.73. The van der Waals surface area contributed by atoms with Gasteiger partial charge in [-0.25, -0.2) is 0 Å². The number of hydrogen-bond donors (Lipinski definition) is 2. The Morgan fingerprint density at radius 1 is 1.38 bits per heavy atom. The summed E-state index contributed by atoms with van der Waals surface area (Å²) in [5.74, 6) is 0.857. The molecule has 1 heterocycles. The van der Waals surface area contributed by atoms with Gasteiger partial charge in [0.15, 0.2) is 0 Å². The van der Waals surface area contributed by atoms with Gasteiger partial charge in [0.1, 0.15) is 0 Å². The van der Waals surface area contributed by atoms with Crippen LogP contribution in [0.25, 0.3) is 0 Å². The van der Waals surface area contributed by atoms with Gasteiger partial charge in [0.25, 0.3) is 0 Å². The molecule has 4 nitrogen and oxygen atoms in total. The number of rotatable bonds is 4. The lowest BCUT2D eigenvalue weighted by atomic mass is 9.98. The Hall–Kier alpha value is -1.55. The molecule has 0 radical (unpaired) electrons. The van der Waals surface area contributed by atoms with E-state index in [1.807, 2.05) is 25.1 Å². The maximum absolute atomic E-state index is 12.2. The van der Waals surface area contributed by atoms with Gasteiger partial charge in [0.2, 0.25) is 5.91 Å². The molecule has 1 amide bonds. The molecule has 0 aliphatic carbocycles. The summed E-state index contributed by atoms with van der Waals surface area (Å²) in [5, 5.41) is 2.97. The Kier molecular flexibility index (Phi) is 5.62. The fourth-order valence-corrected chi connectivity index (χ4v) is 3.03. The molecule has 1 aliphatic heterocycles. The number of anilines is 2. The number of amides is 1. The first-order valence-corrected chi connectivity index (χ1v) is 7.97. The first-order valence-electron chi connectivity index (χ1n) is 7.97. The van der Waals surface area contributed by atoms with Crippen molar-refractivity contribution in [2.45, 2.75) is 39.5 Å². The zero-order valence-corrected chi connectivity index (χ0v) is 13.2. The summed E-state index contributed by atoms with van der Waals surface area (Å²) in [6.07, 6.45) is 4.94. The molecule has 0 aromatic heterocycles. The normalized spacial score (nSPS) is 20.0. The Morgan fingerprint density at radius 3 is 2.90 bits per heavy atom. The Morgan fingerprint density at radius 2 is 2.19 bits per heavy atom. The third-order valence-electron chi connectivity index (χ3n) is 4.45. The lowest BCUT2D eigenvalue weighted by molar-refractivity contribution is -0.117. The van der Waals surface area contributed by atoms with Crippen molar-refractivity contribution in [1.82, 2.24) is 4.90 Å². The summed E-state index contributed by atoms with van der Waals surface area (Å²) in [4.78, 5) is 14.5. The number of carbonyl (C=O) groups is 1. The van der Waals surface area contributed by atoms with E-state index < -0.39 is 0 Å². The van der Waals surface area contributed by atoms with Crippen LogP contribution < -0.4 is 11.1 Å². The van der Waals surface area contributed by atoms with Gasteiger partial charge in [0.05, 0.1) is 17.9 Å². The second-order valence-electron chi connectivity index (χ2n) is 6.07. The average molecular weight is 289 g/mol. The predicted octanol–water partition coefficient (Wildman–Crippen LogP) is 3.03. The monoisotopic (exact) mass is 289 g/mol. The zero-order valence-electron chi connectivity index (χ0n) is 13.2. The van der Waals surface area contributed by atoms with Crippen LogP contribution in [0.5, 0.6) is 0 Å². The molecule has 1 unspecified atom stereocenters. The molecule has 1 saturated heterocycles. The van der Waals surface area contributed by atoms with Crippen molar-refractivity contribution in [1.29, 1.82) is 0 Å². The number of aryl methyl sites for hydroxylation is 1. The number of para-hydroxylation sites is 1. The van der Waals surface area contributed by atoms with Gasteiger partial charge in [-0.2, -0.15) is 0 Å². The van der Waals surface area contributed by atoms with E-state index in [1.54, 1.807) is 0 Å². The van der Waals surface area contributed by atoms with Gasteiger partial charge in [-0.05, 0) is 56.8 Å². The first-order chi connectivity index (χ1) is 10.1. The van der Waals surface area contributed by atoms with Crippen molar-refractivity contribution in [3.63, 3.8) is 0 Å². The molecule has 0 saturated carbocycles. The summed E-state index contributed by atoms with van der Waals surface area (Å²) in [7, 11) is 0. The number of nitrogen functional groups attached to an aromatic ring is 1. The molecule has 1 fully saturated rings. The van der Waals surface area contributed by atoms with Crippen LogP contribution in [-0.4, -0.2) is 30.4 Å². The van der Waals surface area contributed by atoms with Gasteiger partial charge < -0.3 is 11.1 Å². The summed E-state index contributed by atoms with van der Waals surface area (Å²) < 4.78 is 0. The number of likely N-dealkylation sites (tertiary alicyclic amines) is 1. The van der Waals surface area contributed by atoms with Crippen LogP contribution in [0.4, 0.5) is 11.4 Å². The third kappa shape index (κ3) is 4.46.